The maximum Gasteiger partial charge on any atom is 0.248 e. The average molecular weight is 627 g/mol. The number of para-hydroxylation sites is 1. The summed E-state index contributed by atoms with van der Waals surface area (Å²) in [4.78, 5) is 49.1. The van der Waals surface area contributed by atoms with Crippen LogP contribution in [0.25, 0.3) is 11.0 Å². The van der Waals surface area contributed by atoms with Crippen molar-refractivity contribution in [3.8, 4) is 0 Å². The number of aliphatic hydroxyl groups is 1. The van der Waals surface area contributed by atoms with Crippen molar-refractivity contribution < 1.29 is 19.5 Å². The maximum absolute atomic E-state index is 14.8. The van der Waals surface area contributed by atoms with E-state index in [0.717, 1.165) is 16.6 Å². The SMILES string of the molecule is CC(C)C[C@H](CO)N1C(=O)[C@@H]2[C@H]3C(=O)N(Cc4ccccc4)CC=C[C@H]3S[C@@]23C=CCN(Cn2nnc4ccccc42)C(=O)C13. The molecule has 5 heterocycles. The highest BCUT2D eigenvalue weighted by Gasteiger charge is 2.71. The van der Waals surface area contributed by atoms with E-state index in [1.807, 2.05) is 91.6 Å². The van der Waals surface area contributed by atoms with Gasteiger partial charge in [-0.25, -0.2) is 4.68 Å². The molecule has 0 aliphatic carbocycles. The van der Waals surface area contributed by atoms with Gasteiger partial charge in [-0.1, -0.05) is 85.8 Å². The minimum absolute atomic E-state index is 0.0716. The van der Waals surface area contributed by atoms with E-state index in [1.54, 1.807) is 26.2 Å². The fourth-order valence-electron chi connectivity index (χ4n) is 7.65. The number of carbonyl (C=O) groups excluding carboxylic acids is 3. The quantitative estimate of drug-likeness (QED) is 0.383. The topological polar surface area (TPSA) is 112 Å². The van der Waals surface area contributed by atoms with E-state index in [9.17, 15) is 19.5 Å². The molecule has 1 N–H and O–H groups in total. The van der Waals surface area contributed by atoms with Crippen LogP contribution in [0.15, 0.2) is 78.9 Å². The first-order chi connectivity index (χ1) is 21.8. The van der Waals surface area contributed by atoms with Crippen LogP contribution in [0.3, 0.4) is 0 Å². The highest BCUT2D eigenvalue weighted by atomic mass is 32.2. The van der Waals surface area contributed by atoms with Crippen LogP contribution < -0.4 is 0 Å². The summed E-state index contributed by atoms with van der Waals surface area (Å²) >= 11 is 1.56. The van der Waals surface area contributed by atoms with Crippen LogP contribution in [0, 0.1) is 17.8 Å². The lowest BCUT2D eigenvalue weighted by Gasteiger charge is -2.39. The summed E-state index contributed by atoms with van der Waals surface area (Å²) < 4.78 is 0.748. The number of nitrogens with zero attached hydrogens (tertiary/aromatic N) is 6. The second kappa shape index (κ2) is 11.8. The molecule has 1 aromatic heterocycles. The molecule has 0 saturated carbocycles. The van der Waals surface area contributed by atoms with Crippen LogP contribution in [-0.4, -0.2) is 94.3 Å². The van der Waals surface area contributed by atoms with E-state index < -0.39 is 28.7 Å². The van der Waals surface area contributed by atoms with E-state index in [2.05, 4.69) is 16.4 Å². The normalized spacial score (nSPS) is 28.4. The van der Waals surface area contributed by atoms with Gasteiger partial charge >= 0.3 is 0 Å². The number of likely N-dealkylation sites (tertiary alicyclic amines) is 1. The third-order valence-electron chi connectivity index (χ3n) is 9.55. The Kier molecular flexibility index (Phi) is 7.77. The van der Waals surface area contributed by atoms with Gasteiger partial charge in [0.2, 0.25) is 17.7 Å². The molecule has 2 saturated heterocycles. The first-order valence-corrected chi connectivity index (χ1v) is 16.5. The van der Waals surface area contributed by atoms with Gasteiger partial charge in [-0.3, -0.25) is 14.4 Å². The molecule has 0 bridgehead atoms. The molecule has 6 atom stereocenters. The number of aromatic nitrogens is 3. The van der Waals surface area contributed by atoms with Crippen LogP contribution in [0.2, 0.25) is 0 Å². The summed E-state index contributed by atoms with van der Waals surface area (Å²) in [7, 11) is 0. The summed E-state index contributed by atoms with van der Waals surface area (Å²) in [6, 6.07) is 16.0. The first kappa shape index (κ1) is 29.7. The van der Waals surface area contributed by atoms with E-state index in [1.165, 1.54) is 0 Å². The molecule has 4 aliphatic heterocycles. The monoisotopic (exact) mass is 626 g/mol. The number of thioether (sulfide) groups is 1. The molecule has 1 spiro atoms. The second-order valence-electron chi connectivity index (χ2n) is 12.9. The molecule has 4 aliphatic rings. The lowest BCUT2D eigenvalue weighted by Crippen LogP contribution is -2.56. The van der Waals surface area contributed by atoms with Crippen molar-refractivity contribution in [1.82, 2.24) is 29.7 Å². The number of benzene rings is 2. The Hall–Kier alpha value is -3.96. The Morgan fingerprint density at radius 3 is 2.49 bits per heavy atom. The minimum atomic E-state index is -0.956. The predicted molar refractivity (Wildman–Crippen MR) is 171 cm³/mol. The zero-order valence-corrected chi connectivity index (χ0v) is 26.3. The summed E-state index contributed by atoms with van der Waals surface area (Å²) in [6.07, 6.45) is 8.60. The minimum Gasteiger partial charge on any atom is -0.394 e. The average Bonchev–Trinajstić information content (AvgIpc) is 3.60. The lowest BCUT2D eigenvalue weighted by molar-refractivity contribution is -0.147. The Bertz CT molecular complexity index is 1670. The predicted octanol–water partition coefficient (Wildman–Crippen LogP) is 3.09. The Morgan fingerprint density at radius 2 is 1.71 bits per heavy atom. The number of fused-ring (bicyclic) bond motifs is 3. The number of aliphatic hydroxyl groups excluding tert-OH is 1. The van der Waals surface area contributed by atoms with E-state index in [4.69, 9.17) is 0 Å². The van der Waals surface area contributed by atoms with Crippen molar-refractivity contribution in [2.24, 2.45) is 17.8 Å². The van der Waals surface area contributed by atoms with Crippen molar-refractivity contribution in [3.63, 3.8) is 0 Å². The van der Waals surface area contributed by atoms with Crippen molar-refractivity contribution in [2.45, 2.75) is 55.6 Å². The van der Waals surface area contributed by atoms with Crippen molar-refractivity contribution in [2.75, 3.05) is 19.7 Å². The standard InChI is InChI=1S/C34H38N6O4S/c1-22(2)18-24(20-41)40-30-33(44)38(21-39-26-13-7-6-12-25(26)35-36-39)17-9-15-34(30)29(32(40)43)28-27(45-34)14-8-16-37(31(28)42)19-23-10-4-3-5-11-23/h3-15,22,24,27-30,41H,16-21H2,1-2H3/t24-,27-,28+,29+,30?,34+/m1/s1. The number of hydrogen-bond donors (Lipinski definition) is 1. The molecule has 234 valence electrons. The van der Waals surface area contributed by atoms with Crippen LogP contribution in [-0.2, 0) is 27.6 Å². The van der Waals surface area contributed by atoms with Gasteiger partial charge in [0.1, 0.15) is 18.2 Å². The molecule has 1 unspecified atom stereocenters. The number of rotatable bonds is 8. The zero-order valence-electron chi connectivity index (χ0n) is 25.5. The molecule has 45 heavy (non-hydrogen) atoms. The van der Waals surface area contributed by atoms with Crippen LogP contribution >= 0.6 is 11.8 Å². The summed E-state index contributed by atoms with van der Waals surface area (Å²) in [5.74, 6) is -1.69. The van der Waals surface area contributed by atoms with E-state index >= 15 is 0 Å². The van der Waals surface area contributed by atoms with Crippen LogP contribution in [0.5, 0.6) is 0 Å². The highest BCUT2D eigenvalue weighted by molar-refractivity contribution is 8.02. The third kappa shape index (κ3) is 4.96. The fourth-order valence-corrected chi connectivity index (χ4v) is 9.64. The van der Waals surface area contributed by atoms with Gasteiger partial charge in [-0.15, -0.1) is 16.9 Å². The molecule has 11 heteroatoms. The summed E-state index contributed by atoms with van der Waals surface area (Å²) in [6.45, 7) is 5.22. The molecule has 3 amide bonds. The van der Waals surface area contributed by atoms with Gasteiger partial charge in [0.25, 0.3) is 0 Å². The number of hydrogen-bond acceptors (Lipinski definition) is 7. The van der Waals surface area contributed by atoms with Gasteiger partial charge in [0, 0.05) is 24.9 Å². The van der Waals surface area contributed by atoms with Gasteiger partial charge in [-0.05, 0) is 30.0 Å². The van der Waals surface area contributed by atoms with E-state index in [-0.39, 0.29) is 42.2 Å². The molecule has 0 radical (unpaired) electrons. The smallest absolute Gasteiger partial charge is 0.248 e. The van der Waals surface area contributed by atoms with E-state index in [0.29, 0.717) is 26.1 Å². The molecule has 10 nitrogen and oxygen atoms in total. The zero-order chi connectivity index (χ0) is 31.3. The Morgan fingerprint density at radius 1 is 0.956 bits per heavy atom. The van der Waals surface area contributed by atoms with Gasteiger partial charge in [-0.2, -0.15) is 0 Å². The van der Waals surface area contributed by atoms with Gasteiger partial charge < -0.3 is 19.8 Å². The van der Waals surface area contributed by atoms with Gasteiger partial charge in [0.15, 0.2) is 0 Å². The number of amides is 3. The largest absolute Gasteiger partial charge is 0.394 e. The molecule has 7 rings (SSSR count). The first-order valence-electron chi connectivity index (χ1n) is 15.7. The van der Waals surface area contributed by atoms with Crippen molar-refractivity contribution in [3.05, 3.63) is 84.5 Å². The third-order valence-corrected chi connectivity index (χ3v) is 11.3. The summed E-state index contributed by atoms with van der Waals surface area (Å²) in [5, 5.41) is 19.0. The molecule has 3 aromatic rings. The maximum atomic E-state index is 14.8. The molecular formula is C34H38N6O4S. The summed E-state index contributed by atoms with van der Waals surface area (Å²) in [5.41, 5.74) is 2.57. The molecule has 2 fully saturated rings. The Labute approximate surface area is 266 Å². The Balaban J connectivity index is 1.28. The number of carbonyl (C=O) groups is 3. The van der Waals surface area contributed by atoms with Crippen LogP contribution in [0.1, 0.15) is 25.8 Å². The molecule has 2 aromatic carbocycles. The molecular weight excluding hydrogens is 588 g/mol. The van der Waals surface area contributed by atoms with Crippen LogP contribution in [0.4, 0.5) is 0 Å². The van der Waals surface area contributed by atoms with Crippen molar-refractivity contribution in [1.29, 1.82) is 0 Å². The van der Waals surface area contributed by atoms with Crippen molar-refractivity contribution >= 4 is 40.5 Å². The van der Waals surface area contributed by atoms with Gasteiger partial charge in [0.05, 0.1) is 34.7 Å². The fraction of sp³-hybridized carbons (Fsp3) is 0.441. The lowest BCUT2D eigenvalue weighted by atomic mass is 9.78. The highest BCUT2D eigenvalue weighted by Crippen LogP contribution is 2.61. The second-order valence-corrected chi connectivity index (χ2v) is 14.4.